The molecule has 0 fully saturated rings. The van der Waals surface area contributed by atoms with Crippen LogP contribution < -0.4 is 11.3 Å². The highest BCUT2D eigenvalue weighted by atomic mass is 16.2. The third-order valence-corrected chi connectivity index (χ3v) is 2.59. The Kier molecular flexibility index (Phi) is 4.60. The van der Waals surface area contributed by atoms with E-state index in [0.717, 1.165) is 12.1 Å². The van der Waals surface area contributed by atoms with Crippen LogP contribution in [0, 0.1) is 5.41 Å². The number of nitrogens with two attached hydrogens (primary N) is 1. The molecule has 0 aliphatic rings. The summed E-state index contributed by atoms with van der Waals surface area (Å²) in [7, 11) is 1.97. The van der Waals surface area contributed by atoms with Crippen LogP contribution in [-0.2, 0) is 11.3 Å². The molecule has 0 bridgehead atoms. The molecule has 3 N–H and O–H groups in total. The van der Waals surface area contributed by atoms with Crippen LogP contribution >= 0.6 is 0 Å². The van der Waals surface area contributed by atoms with Crippen LogP contribution in [0.1, 0.15) is 19.4 Å². The maximum Gasteiger partial charge on any atom is 0.240 e. The van der Waals surface area contributed by atoms with Crippen LogP contribution in [0.3, 0.4) is 0 Å². The van der Waals surface area contributed by atoms with E-state index in [1.807, 2.05) is 39.2 Å². The first-order valence-electron chi connectivity index (χ1n) is 5.54. The Morgan fingerprint density at radius 1 is 1.59 bits per heavy atom. The molecule has 0 spiro atoms. The fourth-order valence-corrected chi connectivity index (χ4v) is 1.80. The summed E-state index contributed by atoms with van der Waals surface area (Å²) in [6.07, 6.45) is 3.57. The van der Waals surface area contributed by atoms with Gasteiger partial charge in [0.1, 0.15) is 0 Å². The summed E-state index contributed by atoms with van der Waals surface area (Å²) in [4.78, 5) is 17.7. The molecule has 1 amide bonds. The topological polar surface area (TPSA) is 71.2 Å². The number of hydrazine groups is 1. The molecular formula is C12H20N4O. The SMILES string of the molecule is CN(Cc1cccnc1)CC(C)(C)C(=O)NN. The highest BCUT2D eigenvalue weighted by Gasteiger charge is 2.28. The van der Waals surface area contributed by atoms with Crippen molar-refractivity contribution in [3.8, 4) is 0 Å². The fraction of sp³-hybridized carbons (Fsp3) is 0.500. The van der Waals surface area contributed by atoms with Crippen molar-refractivity contribution in [3.05, 3.63) is 30.1 Å². The van der Waals surface area contributed by atoms with Gasteiger partial charge in [0.25, 0.3) is 0 Å². The van der Waals surface area contributed by atoms with Gasteiger partial charge in [0.2, 0.25) is 5.91 Å². The molecule has 94 valence electrons. The Balaban J connectivity index is 2.55. The number of carbonyl (C=O) groups is 1. The lowest BCUT2D eigenvalue weighted by atomic mass is 9.92. The monoisotopic (exact) mass is 236 g/mol. The standard InChI is InChI=1S/C12H20N4O/c1-12(2,11(17)15-13)9-16(3)8-10-5-4-6-14-7-10/h4-7H,8-9,13H2,1-3H3,(H,15,17). The molecule has 0 aromatic carbocycles. The van der Waals surface area contributed by atoms with E-state index >= 15 is 0 Å². The lowest BCUT2D eigenvalue weighted by Gasteiger charge is -2.28. The Bertz CT molecular complexity index is 364. The number of hydrogen-bond acceptors (Lipinski definition) is 4. The normalized spacial score (nSPS) is 11.6. The van der Waals surface area contributed by atoms with E-state index in [1.54, 1.807) is 6.20 Å². The van der Waals surface area contributed by atoms with Crippen molar-refractivity contribution in [2.24, 2.45) is 11.3 Å². The molecule has 0 aliphatic carbocycles. The summed E-state index contributed by atoms with van der Waals surface area (Å²) < 4.78 is 0. The molecule has 0 unspecified atom stereocenters. The largest absolute Gasteiger partial charge is 0.301 e. The first-order chi connectivity index (χ1) is 7.95. The van der Waals surface area contributed by atoms with E-state index in [1.165, 1.54) is 0 Å². The predicted octanol–water partition coefficient (Wildman–Crippen LogP) is 0.529. The van der Waals surface area contributed by atoms with Crippen molar-refractivity contribution >= 4 is 5.91 Å². The van der Waals surface area contributed by atoms with Crippen LogP contribution in [0.25, 0.3) is 0 Å². The Labute approximate surface area is 102 Å². The minimum Gasteiger partial charge on any atom is -0.301 e. The van der Waals surface area contributed by atoms with Gasteiger partial charge in [-0.05, 0) is 32.5 Å². The number of pyridine rings is 1. The second-order valence-corrected chi connectivity index (χ2v) is 4.89. The van der Waals surface area contributed by atoms with Gasteiger partial charge >= 0.3 is 0 Å². The van der Waals surface area contributed by atoms with E-state index in [-0.39, 0.29) is 5.91 Å². The molecule has 1 aromatic heterocycles. The van der Waals surface area contributed by atoms with E-state index < -0.39 is 5.41 Å². The molecule has 1 aromatic rings. The smallest absolute Gasteiger partial charge is 0.240 e. The second kappa shape index (κ2) is 5.75. The third-order valence-electron chi connectivity index (χ3n) is 2.59. The summed E-state index contributed by atoms with van der Waals surface area (Å²) >= 11 is 0. The maximum atomic E-state index is 11.5. The minimum absolute atomic E-state index is 0.157. The zero-order chi connectivity index (χ0) is 12.9. The Hall–Kier alpha value is -1.46. The van der Waals surface area contributed by atoms with Crippen LogP contribution in [0.5, 0.6) is 0 Å². The van der Waals surface area contributed by atoms with Crippen molar-refractivity contribution < 1.29 is 4.79 Å². The Morgan fingerprint density at radius 3 is 2.82 bits per heavy atom. The fourth-order valence-electron chi connectivity index (χ4n) is 1.80. The number of nitrogens with zero attached hydrogens (tertiary/aromatic N) is 2. The average molecular weight is 236 g/mol. The molecule has 0 saturated carbocycles. The highest BCUT2D eigenvalue weighted by molar-refractivity contribution is 5.81. The van der Waals surface area contributed by atoms with Crippen molar-refractivity contribution in [1.82, 2.24) is 15.3 Å². The van der Waals surface area contributed by atoms with Crippen LogP contribution in [0.2, 0.25) is 0 Å². The van der Waals surface area contributed by atoms with Crippen molar-refractivity contribution in [1.29, 1.82) is 0 Å². The third kappa shape index (κ3) is 4.13. The number of aromatic nitrogens is 1. The van der Waals surface area contributed by atoms with Crippen LogP contribution in [-0.4, -0.2) is 29.4 Å². The predicted molar refractivity (Wildman–Crippen MR) is 66.7 cm³/mol. The van der Waals surface area contributed by atoms with E-state index in [9.17, 15) is 4.79 Å². The van der Waals surface area contributed by atoms with Crippen molar-refractivity contribution in [2.45, 2.75) is 20.4 Å². The van der Waals surface area contributed by atoms with Gasteiger partial charge in [-0.3, -0.25) is 15.2 Å². The zero-order valence-electron chi connectivity index (χ0n) is 10.6. The van der Waals surface area contributed by atoms with Gasteiger partial charge in [0.05, 0.1) is 5.41 Å². The van der Waals surface area contributed by atoms with Gasteiger partial charge in [-0.1, -0.05) is 6.07 Å². The molecule has 5 heteroatoms. The summed E-state index contributed by atoms with van der Waals surface area (Å²) in [5.74, 6) is 5.00. The minimum atomic E-state index is -0.508. The first-order valence-corrected chi connectivity index (χ1v) is 5.54. The van der Waals surface area contributed by atoms with Crippen LogP contribution in [0.4, 0.5) is 0 Å². The molecular weight excluding hydrogens is 216 g/mol. The van der Waals surface area contributed by atoms with Crippen molar-refractivity contribution in [3.63, 3.8) is 0 Å². The summed E-state index contributed by atoms with van der Waals surface area (Å²) in [6, 6.07) is 3.92. The van der Waals surface area contributed by atoms with E-state index in [2.05, 4.69) is 15.3 Å². The summed E-state index contributed by atoms with van der Waals surface area (Å²) in [5.41, 5.74) is 2.81. The molecule has 1 rings (SSSR count). The molecule has 5 nitrogen and oxygen atoms in total. The van der Waals surface area contributed by atoms with Crippen molar-refractivity contribution in [2.75, 3.05) is 13.6 Å². The second-order valence-electron chi connectivity index (χ2n) is 4.89. The lowest BCUT2D eigenvalue weighted by molar-refractivity contribution is -0.130. The van der Waals surface area contributed by atoms with Gasteiger partial charge < -0.3 is 4.90 Å². The van der Waals surface area contributed by atoms with Gasteiger partial charge in [-0.15, -0.1) is 0 Å². The van der Waals surface area contributed by atoms with Gasteiger partial charge in [-0.2, -0.15) is 0 Å². The first kappa shape index (κ1) is 13.6. The van der Waals surface area contributed by atoms with E-state index in [0.29, 0.717) is 6.54 Å². The average Bonchev–Trinajstić information content (AvgIpc) is 2.28. The van der Waals surface area contributed by atoms with Gasteiger partial charge in [0, 0.05) is 25.5 Å². The van der Waals surface area contributed by atoms with E-state index in [4.69, 9.17) is 5.84 Å². The quantitative estimate of drug-likeness (QED) is 0.444. The highest BCUT2D eigenvalue weighted by Crippen LogP contribution is 2.17. The molecule has 1 heterocycles. The molecule has 0 atom stereocenters. The Morgan fingerprint density at radius 2 is 2.29 bits per heavy atom. The molecule has 0 radical (unpaired) electrons. The number of rotatable bonds is 5. The molecule has 17 heavy (non-hydrogen) atoms. The number of amides is 1. The number of carbonyl (C=O) groups excluding carboxylic acids is 1. The summed E-state index contributed by atoms with van der Waals surface area (Å²) in [5, 5.41) is 0. The number of hydrogen-bond donors (Lipinski definition) is 2. The maximum absolute atomic E-state index is 11.5. The molecule has 0 aliphatic heterocycles. The number of nitrogens with one attached hydrogen (secondary N) is 1. The van der Waals surface area contributed by atoms with Gasteiger partial charge in [0.15, 0.2) is 0 Å². The lowest BCUT2D eigenvalue weighted by Crippen LogP contribution is -2.46. The molecule has 0 saturated heterocycles. The van der Waals surface area contributed by atoms with Gasteiger partial charge in [-0.25, -0.2) is 5.84 Å². The summed E-state index contributed by atoms with van der Waals surface area (Å²) in [6.45, 7) is 5.13. The zero-order valence-corrected chi connectivity index (χ0v) is 10.6. The van der Waals surface area contributed by atoms with Crippen LogP contribution in [0.15, 0.2) is 24.5 Å².